The van der Waals surface area contributed by atoms with E-state index in [1.807, 2.05) is 52.0 Å². The van der Waals surface area contributed by atoms with Crippen molar-refractivity contribution < 1.29 is 4.79 Å². The zero-order valence-electron chi connectivity index (χ0n) is 16.8. The van der Waals surface area contributed by atoms with Crippen LogP contribution in [0.25, 0.3) is 12.2 Å². The third kappa shape index (κ3) is 3.91. The van der Waals surface area contributed by atoms with Crippen LogP contribution in [-0.2, 0) is 6.54 Å². The molecule has 156 valence electrons. The van der Waals surface area contributed by atoms with Gasteiger partial charge in [0, 0.05) is 54.7 Å². The van der Waals surface area contributed by atoms with Crippen LogP contribution in [0.2, 0.25) is 5.02 Å². The molecule has 0 saturated carbocycles. The van der Waals surface area contributed by atoms with Crippen molar-refractivity contribution >= 4 is 29.7 Å². The summed E-state index contributed by atoms with van der Waals surface area (Å²) in [4.78, 5) is 35.6. The fourth-order valence-electron chi connectivity index (χ4n) is 4.69. The summed E-state index contributed by atoms with van der Waals surface area (Å²) in [5, 5.41) is 0.696. The van der Waals surface area contributed by atoms with Gasteiger partial charge in [0.2, 0.25) is 0 Å². The maximum Gasteiger partial charge on any atom is 0.274 e. The maximum atomic E-state index is 13.0. The zero-order valence-corrected chi connectivity index (χ0v) is 17.6. The van der Waals surface area contributed by atoms with Gasteiger partial charge < -0.3 is 9.47 Å². The Hall–Kier alpha value is -3.25. The van der Waals surface area contributed by atoms with E-state index >= 15 is 0 Å². The summed E-state index contributed by atoms with van der Waals surface area (Å²) >= 11 is 5.98. The lowest BCUT2D eigenvalue weighted by Gasteiger charge is -2.43. The molecule has 0 unspecified atom stereocenters. The number of halogens is 1. The minimum Gasteiger partial charge on any atom is -0.336 e. The molecular formula is C24H21ClN4O2. The van der Waals surface area contributed by atoms with Crippen molar-refractivity contribution in [2.45, 2.75) is 18.9 Å². The van der Waals surface area contributed by atoms with E-state index in [2.05, 4.69) is 9.97 Å². The van der Waals surface area contributed by atoms with Gasteiger partial charge in [-0.05, 0) is 41.7 Å². The molecule has 0 aliphatic carbocycles. The van der Waals surface area contributed by atoms with Gasteiger partial charge in [-0.25, -0.2) is 4.98 Å². The van der Waals surface area contributed by atoms with E-state index in [1.165, 1.54) is 12.4 Å². The topological polar surface area (TPSA) is 68.1 Å². The van der Waals surface area contributed by atoms with Crippen LogP contribution in [0.4, 0.5) is 0 Å². The molecular weight excluding hydrogens is 412 g/mol. The molecule has 2 aliphatic rings. The molecule has 4 heterocycles. The highest BCUT2D eigenvalue weighted by Gasteiger charge is 2.37. The Labute approximate surface area is 184 Å². The molecule has 0 radical (unpaired) electrons. The number of hydrogen-bond acceptors (Lipinski definition) is 4. The number of amides is 1. The van der Waals surface area contributed by atoms with Gasteiger partial charge >= 0.3 is 0 Å². The fraction of sp³-hybridized carbons (Fsp3) is 0.250. The minimum atomic E-state index is -0.104. The third-order valence-corrected chi connectivity index (χ3v) is 6.27. The Morgan fingerprint density at radius 3 is 2.65 bits per heavy atom. The fourth-order valence-corrected chi connectivity index (χ4v) is 4.81. The molecule has 5 rings (SSSR count). The number of carbonyl (C=O) groups is 1. The highest BCUT2D eigenvalue weighted by Crippen LogP contribution is 2.37. The summed E-state index contributed by atoms with van der Waals surface area (Å²) < 4.78 is 1.89. The summed E-state index contributed by atoms with van der Waals surface area (Å²) in [5.74, 6) is 0.250. The summed E-state index contributed by atoms with van der Waals surface area (Å²) in [6.45, 7) is 1.82. The number of hydrogen-bond donors (Lipinski definition) is 0. The van der Waals surface area contributed by atoms with E-state index in [4.69, 9.17) is 11.6 Å². The molecule has 2 bridgehead atoms. The van der Waals surface area contributed by atoms with E-state index in [1.54, 1.807) is 12.3 Å². The molecule has 2 atom stereocenters. The molecule has 0 N–H and O–H groups in total. The summed E-state index contributed by atoms with van der Waals surface area (Å²) in [7, 11) is 0. The monoisotopic (exact) mass is 432 g/mol. The second-order valence-electron chi connectivity index (χ2n) is 8.11. The average molecular weight is 433 g/mol. The first-order valence-corrected chi connectivity index (χ1v) is 10.7. The quantitative estimate of drug-likeness (QED) is 0.632. The molecule has 1 saturated heterocycles. The first-order valence-electron chi connectivity index (χ1n) is 10.3. The predicted octanol–water partition coefficient (Wildman–Crippen LogP) is 3.72. The van der Waals surface area contributed by atoms with Gasteiger partial charge in [-0.3, -0.25) is 14.6 Å². The molecule has 2 aromatic heterocycles. The van der Waals surface area contributed by atoms with Crippen molar-refractivity contribution in [3.8, 4) is 0 Å². The SMILES string of the molecule is O=C(c1cnccn1)N1C[C@@H]2C[C@@H](C1)c1c(C=Cc3ccc(Cl)cc3)ccc(=O)n1C2. The number of likely N-dealkylation sites (tertiary alicyclic amines) is 1. The number of aromatic nitrogens is 3. The van der Waals surface area contributed by atoms with Crippen molar-refractivity contribution in [3.63, 3.8) is 0 Å². The standard InChI is InChI=1S/C24H21ClN4O2/c25-20-6-2-16(3-7-20)1-4-18-5-8-22(30)29-14-17-11-19(23(18)29)15-28(13-17)24(31)21-12-26-9-10-27-21/h1-10,12,17,19H,11,13-15H2/t17-,19-/m0/s1. The van der Waals surface area contributed by atoms with Gasteiger partial charge in [0.15, 0.2) is 0 Å². The second kappa shape index (κ2) is 8.12. The first kappa shape index (κ1) is 19.7. The van der Waals surface area contributed by atoms with E-state index < -0.39 is 0 Å². The van der Waals surface area contributed by atoms with Crippen LogP contribution < -0.4 is 5.56 Å². The smallest absolute Gasteiger partial charge is 0.274 e. The lowest BCUT2D eigenvalue weighted by molar-refractivity contribution is 0.0588. The van der Waals surface area contributed by atoms with Gasteiger partial charge in [-0.15, -0.1) is 0 Å². The van der Waals surface area contributed by atoms with Crippen LogP contribution in [-0.4, -0.2) is 38.4 Å². The number of carbonyl (C=O) groups excluding carboxylic acids is 1. The molecule has 1 aromatic carbocycles. The predicted molar refractivity (Wildman–Crippen MR) is 120 cm³/mol. The Bertz CT molecular complexity index is 1200. The number of fused-ring (bicyclic) bond motifs is 4. The van der Waals surface area contributed by atoms with E-state index in [0.717, 1.165) is 23.2 Å². The van der Waals surface area contributed by atoms with Crippen LogP contribution in [0.15, 0.2) is 59.8 Å². The Morgan fingerprint density at radius 1 is 1.03 bits per heavy atom. The van der Waals surface area contributed by atoms with Gasteiger partial charge in [-0.2, -0.15) is 0 Å². The summed E-state index contributed by atoms with van der Waals surface area (Å²) in [5.41, 5.74) is 3.42. The molecule has 1 amide bonds. The third-order valence-electron chi connectivity index (χ3n) is 6.02. The lowest BCUT2D eigenvalue weighted by Crippen LogP contribution is -2.49. The second-order valence-corrected chi connectivity index (χ2v) is 8.54. The summed E-state index contributed by atoms with van der Waals surface area (Å²) in [6, 6.07) is 11.1. The number of piperidine rings is 1. The van der Waals surface area contributed by atoms with E-state index in [0.29, 0.717) is 30.4 Å². The minimum absolute atomic E-state index is 0.0158. The van der Waals surface area contributed by atoms with Crippen LogP contribution in [0, 0.1) is 5.92 Å². The van der Waals surface area contributed by atoms with Crippen molar-refractivity contribution in [1.29, 1.82) is 0 Å². The molecule has 7 heteroatoms. The Morgan fingerprint density at radius 2 is 1.87 bits per heavy atom. The van der Waals surface area contributed by atoms with Crippen molar-refractivity contribution in [2.75, 3.05) is 13.1 Å². The van der Waals surface area contributed by atoms with Crippen LogP contribution >= 0.6 is 11.6 Å². The first-order chi connectivity index (χ1) is 15.1. The number of nitrogens with zero attached hydrogens (tertiary/aromatic N) is 4. The van der Waals surface area contributed by atoms with Gasteiger partial charge in [0.25, 0.3) is 11.5 Å². The number of benzene rings is 1. The van der Waals surface area contributed by atoms with Gasteiger partial charge in [0.1, 0.15) is 5.69 Å². The Balaban J connectivity index is 1.47. The van der Waals surface area contributed by atoms with E-state index in [9.17, 15) is 9.59 Å². The van der Waals surface area contributed by atoms with Gasteiger partial charge in [-0.1, -0.05) is 35.9 Å². The normalized spacial score (nSPS) is 20.0. The largest absolute Gasteiger partial charge is 0.336 e. The van der Waals surface area contributed by atoms with Crippen molar-refractivity contribution in [1.82, 2.24) is 19.4 Å². The van der Waals surface area contributed by atoms with Crippen LogP contribution in [0.1, 0.15) is 39.6 Å². The lowest BCUT2D eigenvalue weighted by atomic mass is 9.81. The molecule has 3 aromatic rings. The maximum absolute atomic E-state index is 13.0. The summed E-state index contributed by atoms with van der Waals surface area (Å²) in [6.07, 6.45) is 9.63. The van der Waals surface area contributed by atoms with Gasteiger partial charge in [0.05, 0.1) is 6.20 Å². The Kier molecular flexibility index (Phi) is 5.16. The number of pyridine rings is 1. The molecule has 6 nitrogen and oxygen atoms in total. The highest BCUT2D eigenvalue weighted by atomic mass is 35.5. The highest BCUT2D eigenvalue weighted by molar-refractivity contribution is 6.30. The molecule has 0 spiro atoms. The molecule has 1 fully saturated rings. The van der Waals surface area contributed by atoms with Crippen LogP contribution in [0.3, 0.4) is 0 Å². The number of rotatable bonds is 3. The molecule has 2 aliphatic heterocycles. The van der Waals surface area contributed by atoms with E-state index in [-0.39, 0.29) is 23.3 Å². The molecule has 31 heavy (non-hydrogen) atoms. The average Bonchev–Trinajstić information content (AvgIpc) is 2.80. The van der Waals surface area contributed by atoms with Crippen molar-refractivity contribution in [3.05, 3.63) is 92.9 Å². The zero-order chi connectivity index (χ0) is 21.4. The van der Waals surface area contributed by atoms with Crippen LogP contribution in [0.5, 0.6) is 0 Å². The van der Waals surface area contributed by atoms with Crippen molar-refractivity contribution in [2.24, 2.45) is 5.92 Å².